The molecule has 1 amide bonds. The number of likely N-dealkylation sites (tertiary alicyclic amines) is 1. The number of rotatable bonds is 5. The number of amides is 1. The van der Waals surface area contributed by atoms with Crippen LogP contribution >= 0.6 is 0 Å². The Labute approximate surface area is 178 Å². The van der Waals surface area contributed by atoms with Crippen LogP contribution in [0.25, 0.3) is 0 Å². The minimum atomic E-state index is -3.52. The molecule has 8 heteroatoms. The van der Waals surface area contributed by atoms with Crippen LogP contribution in [0.2, 0.25) is 0 Å². The second kappa shape index (κ2) is 9.14. The van der Waals surface area contributed by atoms with Crippen LogP contribution in [-0.4, -0.2) is 55.3 Å². The molecule has 1 saturated heterocycles. The van der Waals surface area contributed by atoms with E-state index in [4.69, 9.17) is 0 Å². The van der Waals surface area contributed by atoms with E-state index in [-0.39, 0.29) is 23.1 Å². The van der Waals surface area contributed by atoms with Crippen LogP contribution < -0.4 is 5.32 Å². The molecule has 3 aliphatic heterocycles. The molecule has 0 radical (unpaired) electrons. The molecule has 30 heavy (non-hydrogen) atoms. The minimum absolute atomic E-state index is 0.0421. The van der Waals surface area contributed by atoms with Gasteiger partial charge in [-0.05, 0) is 49.2 Å². The average Bonchev–Trinajstić information content (AvgIpc) is 3.00. The third kappa shape index (κ3) is 5.17. The molecule has 0 atom stereocenters. The Balaban J connectivity index is 1.35. The van der Waals surface area contributed by atoms with Crippen LogP contribution in [0.15, 0.2) is 52.6 Å². The van der Waals surface area contributed by atoms with E-state index in [1.807, 2.05) is 12.1 Å². The van der Waals surface area contributed by atoms with Crippen LogP contribution in [0.1, 0.15) is 36.8 Å². The van der Waals surface area contributed by atoms with E-state index in [1.165, 1.54) is 31.2 Å². The Morgan fingerprint density at radius 1 is 1.00 bits per heavy atom. The number of sulfonamides is 1. The van der Waals surface area contributed by atoms with Gasteiger partial charge in [0.25, 0.3) is 15.9 Å². The van der Waals surface area contributed by atoms with Crippen molar-refractivity contribution in [2.75, 3.05) is 25.4 Å². The highest BCUT2D eigenvalue weighted by Gasteiger charge is 2.29. The van der Waals surface area contributed by atoms with Crippen molar-refractivity contribution in [1.82, 2.24) is 15.1 Å². The van der Waals surface area contributed by atoms with Crippen molar-refractivity contribution < 1.29 is 13.2 Å². The van der Waals surface area contributed by atoms with Crippen molar-refractivity contribution in [3.63, 3.8) is 0 Å². The van der Waals surface area contributed by atoms with Gasteiger partial charge in [0, 0.05) is 25.8 Å². The summed E-state index contributed by atoms with van der Waals surface area (Å²) in [6, 6.07) is 8.32. The minimum Gasteiger partial charge on any atom is -0.348 e. The first kappa shape index (κ1) is 20.8. The van der Waals surface area contributed by atoms with E-state index < -0.39 is 10.0 Å². The van der Waals surface area contributed by atoms with E-state index in [0.29, 0.717) is 13.1 Å². The fourth-order valence-electron chi connectivity index (χ4n) is 3.99. The second-order valence-electron chi connectivity index (χ2n) is 8.01. The van der Waals surface area contributed by atoms with Crippen LogP contribution in [0, 0.1) is 0 Å². The number of carbonyl (C=O) groups excluding carboxylic acids is 1. The summed E-state index contributed by atoms with van der Waals surface area (Å²) in [5.74, 6) is -0.164. The molecule has 1 aromatic rings. The summed E-state index contributed by atoms with van der Waals surface area (Å²) in [4.78, 5) is 16.9. The zero-order valence-electron chi connectivity index (χ0n) is 17.1. The van der Waals surface area contributed by atoms with Gasteiger partial charge in [-0.15, -0.1) is 4.40 Å². The van der Waals surface area contributed by atoms with Crippen LogP contribution in [0.4, 0.5) is 0 Å². The van der Waals surface area contributed by atoms with Crippen molar-refractivity contribution >= 4 is 21.8 Å². The standard InChI is InChI=1S/C22H28N4O3S/c27-22(20-6-5-13-26-14-15-30(28,29)24-21(20)26)23-16-18-7-9-19(10-8-18)17-25-11-3-1-2-4-12-25/h5-10,13H,1-4,11-12,14-17H2,(H,23,27). The first-order chi connectivity index (χ1) is 14.5. The number of hydrogen-bond donors (Lipinski definition) is 1. The lowest BCUT2D eigenvalue weighted by molar-refractivity contribution is -0.117. The van der Waals surface area contributed by atoms with Crippen molar-refractivity contribution in [3.8, 4) is 0 Å². The lowest BCUT2D eigenvalue weighted by atomic mass is 10.1. The predicted octanol–water partition coefficient (Wildman–Crippen LogP) is 2.18. The third-order valence-electron chi connectivity index (χ3n) is 5.68. The Kier molecular flexibility index (Phi) is 6.34. The molecule has 0 saturated carbocycles. The zero-order chi connectivity index (χ0) is 21.0. The molecule has 0 unspecified atom stereocenters. The maximum Gasteiger partial charge on any atom is 0.256 e. The molecule has 1 fully saturated rings. The number of benzene rings is 1. The highest BCUT2D eigenvalue weighted by Crippen LogP contribution is 2.18. The van der Waals surface area contributed by atoms with Gasteiger partial charge >= 0.3 is 0 Å². The zero-order valence-corrected chi connectivity index (χ0v) is 17.9. The molecule has 7 nitrogen and oxygen atoms in total. The quantitative estimate of drug-likeness (QED) is 0.777. The number of nitrogens with zero attached hydrogens (tertiary/aromatic N) is 3. The summed E-state index contributed by atoms with van der Waals surface area (Å²) < 4.78 is 27.5. The van der Waals surface area contributed by atoms with Gasteiger partial charge in [-0.25, -0.2) is 8.42 Å². The SMILES string of the molecule is O=C(NCc1ccc(CN2CCCCCC2)cc1)C1=CC=CN2CCS(=O)(=O)N=C12. The third-order valence-corrected chi connectivity index (χ3v) is 6.83. The van der Waals surface area contributed by atoms with E-state index in [9.17, 15) is 13.2 Å². The molecule has 1 N–H and O–H groups in total. The number of fused-ring (bicyclic) bond motifs is 1. The summed E-state index contributed by atoms with van der Waals surface area (Å²) >= 11 is 0. The van der Waals surface area contributed by atoms with E-state index >= 15 is 0 Å². The Hall–Kier alpha value is -2.45. The lowest BCUT2D eigenvalue weighted by Crippen LogP contribution is -2.42. The van der Waals surface area contributed by atoms with Gasteiger partial charge in [-0.2, -0.15) is 0 Å². The van der Waals surface area contributed by atoms with Crippen molar-refractivity contribution in [2.45, 2.75) is 38.8 Å². The van der Waals surface area contributed by atoms with Gasteiger partial charge in [-0.1, -0.05) is 37.1 Å². The van der Waals surface area contributed by atoms with Gasteiger partial charge in [0.05, 0.1) is 11.3 Å². The van der Waals surface area contributed by atoms with E-state index in [0.717, 1.165) is 25.2 Å². The van der Waals surface area contributed by atoms with E-state index in [1.54, 1.807) is 23.3 Å². The van der Waals surface area contributed by atoms with Crippen LogP contribution in [0.3, 0.4) is 0 Å². The highest BCUT2D eigenvalue weighted by molar-refractivity contribution is 7.90. The molecular weight excluding hydrogens is 400 g/mol. The summed E-state index contributed by atoms with van der Waals surface area (Å²) in [7, 11) is -3.52. The van der Waals surface area contributed by atoms with Crippen molar-refractivity contribution in [3.05, 3.63) is 59.3 Å². The van der Waals surface area contributed by atoms with Crippen LogP contribution in [0.5, 0.6) is 0 Å². The summed E-state index contributed by atoms with van der Waals surface area (Å²) in [6.45, 7) is 3.98. The van der Waals surface area contributed by atoms with Gasteiger partial charge in [0.1, 0.15) is 0 Å². The molecule has 4 rings (SSSR count). The molecule has 3 aliphatic rings. The Morgan fingerprint density at radius 2 is 1.70 bits per heavy atom. The monoisotopic (exact) mass is 428 g/mol. The molecular formula is C22H28N4O3S. The van der Waals surface area contributed by atoms with Gasteiger partial charge in [-0.3, -0.25) is 9.69 Å². The molecule has 0 aromatic heterocycles. The molecule has 0 aliphatic carbocycles. The number of nitrogens with one attached hydrogen (secondary N) is 1. The largest absolute Gasteiger partial charge is 0.348 e. The highest BCUT2D eigenvalue weighted by atomic mass is 32.2. The lowest BCUT2D eigenvalue weighted by Gasteiger charge is -2.28. The number of carbonyl (C=O) groups is 1. The molecule has 0 spiro atoms. The van der Waals surface area contributed by atoms with Gasteiger partial charge in [0.2, 0.25) is 0 Å². The van der Waals surface area contributed by atoms with Crippen molar-refractivity contribution in [2.24, 2.45) is 4.40 Å². The summed E-state index contributed by atoms with van der Waals surface area (Å²) in [5, 5.41) is 2.88. The van der Waals surface area contributed by atoms with Crippen LogP contribution in [-0.2, 0) is 27.9 Å². The summed E-state index contributed by atoms with van der Waals surface area (Å²) in [6.07, 6.45) is 10.3. The summed E-state index contributed by atoms with van der Waals surface area (Å²) in [5.41, 5.74) is 2.56. The second-order valence-corrected chi connectivity index (χ2v) is 9.76. The Morgan fingerprint density at radius 3 is 2.43 bits per heavy atom. The van der Waals surface area contributed by atoms with E-state index in [2.05, 4.69) is 26.7 Å². The number of allylic oxidation sites excluding steroid dienone is 2. The first-order valence-corrected chi connectivity index (χ1v) is 12.2. The predicted molar refractivity (Wildman–Crippen MR) is 117 cm³/mol. The molecule has 0 bridgehead atoms. The number of amidine groups is 1. The number of hydrogen-bond acceptors (Lipinski definition) is 5. The fraction of sp³-hybridized carbons (Fsp3) is 0.455. The average molecular weight is 429 g/mol. The fourth-order valence-corrected chi connectivity index (χ4v) is 4.97. The smallest absolute Gasteiger partial charge is 0.256 e. The normalized spacial score (nSPS) is 21.3. The topological polar surface area (TPSA) is 82.1 Å². The molecule has 1 aromatic carbocycles. The molecule has 3 heterocycles. The molecule has 160 valence electrons. The van der Waals surface area contributed by atoms with Crippen molar-refractivity contribution in [1.29, 1.82) is 0 Å². The first-order valence-electron chi connectivity index (χ1n) is 10.6. The van der Waals surface area contributed by atoms with Gasteiger partial charge < -0.3 is 10.2 Å². The van der Waals surface area contributed by atoms with Gasteiger partial charge in [0.15, 0.2) is 5.84 Å². The maximum atomic E-state index is 12.7. The maximum absolute atomic E-state index is 12.7. The Bertz CT molecular complexity index is 972.